The molecule has 2 N–H and O–H groups in total. The van der Waals surface area contributed by atoms with Crippen LogP contribution in [0.25, 0.3) is 0 Å². The van der Waals surface area contributed by atoms with Crippen LogP contribution in [0.1, 0.15) is 43.0 Å². The van der Waals surface area contributed by atoms with Gasteiger partial charge >= 0.3 is 11.9 Å². The van der Waals surface area contributed by atoms with E-state index in [0.29, 0.717) is 25.0 Å². The highest BCUT2D eigenvalue weighted by atomic mass is 16.5. The van der Waals surface area contributed by atoms with Crippen molar-refractivity contribution < 1.29 is 29.3 Å². The minimum absolute atomic E-state index is 0.0336. The summed E-state index contributed by atoms with van der Waals surface area (Å²) in [5.41, 5.74) is 0.180. The Labute approximate surface area is 164 Å². The van der Waals surface area contributed by atoms with Crippen LogP contribution in [0, 0.1) is 5.92 Å². The molecular weight excluding hydrogens is 360 g/mol. The molecule has 0 fully saturated rings. The zero-order chi connectivity index (χ0) is 20.4. The van der Waals surface area contributed by atoms with Gasteiger partial charge in [-0.3, -0.25) is 4.79 Å². The van der Waals surface area contributed by atoms with Crippen LogP contribution in [-0.2, 0) is 4.79 Å². The van der Waals surface area contributed by atoms with Crippen LogP contribution in [0.3, 0.4) is 0 Å². The minimum atomic E-state index is -0.999. The van der Waals surface area contributed by atoms with Gasteiger partial charge in [0.15, 0.2) is 0 Å². The van der Waals surface area contributed by atoms with E-state index in [1.165, 1.54) is 12.1 Å². The smallest absolute Gasteiger partial charge is 0.335 e. The van der Waals surface area contributed by atoms with Crippen LogP contribution >= 0.6 is 0 Å². The Morgan fingerprint density at radius 2 is 1.57 bits per heavy atom. The van der Waals surface area contributed by atoms with Crippen molar-refractivity contribution in [2.45, 2.75) is 38.7 Å². The van der Waals surface area contributed by atoms with Crippen molar-refractivity contribution in [3.63, 3.8) is 0 Å². The maximum Gasteiger partial charge on any atom is 0.335 e. The van der Waals surface area contributed by atoms with Crippen LogP contribution in [0.15, 0.2) is 54.6 Å². The Bertz CT molecular complexity index is 741. The molecule has 0 aliphatic rings. The van der Waals surface area contributed by atoms with E-state index < -0.39 is 17.9 Å². The lowest BCUT2D eigenvalue weighted by molar-refractivity contribution is -0.142. The molecule has 150 valence electrons. The maximum absolute atomic E-state index is 11.6. The number of para-hydroxylation sites is 1. The lowest BCUT2D eigenvalue weighted by Crippen LogP contribution is -2.22. The van der Waals surface area contributed by atoms with Gasteiger partial charge in [0, 0.05) is 0 Å². The van der Waals surface area contributed by atoms with Crippen molar-refractivity contribution in [3.05, 3.63) is 60.2 Å². The maximum atomic E-state index is 11.6. The molecule has 6 heteroatoms. The van der Waals surface area contributed by atoms with Gasteiger partial charge in [-0.1, -0.05) is 25.1 Å². The number of benzene rings is 2. The molecule has 2 rings (SSSR count). The second-order valence-corrected chi connectivity index (χ2v) is 6.54. The van der Waals surface area contributed by atoms with Crippen LogP contribution in [0.5, 0.6) is 11.5 Å². The number of aromatic carboxylic acids is 1. The van der Waals surface area contributed by atoms with Gasteiger partial charge in [0.2, 0.25) is 0 Å². The Morgan fingerprint density at radius 3 is 2.14 bits per heavy atom. The van der Waals surface area contributed by atoms with Crippen molar-refractivity contribution in [1.29, 1.82) is 0 Å². The van der Waals surface area contributed by atoms with Gasteiger partial charge in [-0.05, 0) is 62.1 Å². The molecule has 0 aromatic heterocycles. The zero-order valence-corrected chi connectivity index (χ0v) is 15.9. The van der Waals surface area contributed by atoms with Crippen molar-refractivity contribution in [1.82, 2.24) is 0 Å². The number of aliphatic carboxylic acids is 1. The summed E-state index contributed by atoms with van der Waals surface area (Å²) in [5, 5.41) is 18.4. The molecule has 0 aliphatic heterocycles. The van der Waals surface area contributed by atoms with Gasteiger partial charge in [-0.15, -0.1) is 0 Å². The van der Waals surface area contributed by atoms with E-state index in [1.807, 2.05) is 37.3 Å². The summed E-state index contributed by atoms with van der Waals surface area (Å²) in [6.07, 6.45) is 2.29. The molecule has 0 saturated carbocycles. The van der Waals surface area contributed by atoms with Crippen LogP contribution in [0.2, 0.25) is 0 Å². The number of hydrogen-bond donors (Lipinski definition) is 2. The summed E-state index contributed by atoms with van der Waals surface area (Å²) in [7, 11) is 0. The lowest BCUT2D eigenvalue weighted by Gasteiger charge is -2.20. The molecule has 0 amide bonds. The first-order valence-corrected chi connectivity index (χ1v) is 9.40. The van der Waals surface area contributed by atoms with Crippen molar-refractivity contribution in [2.24, 2.45) is 5.92 Å². The molecule has 2 atom stereocenters. The fraction of sp³-hybridized carbons (Fsp3) is 0.364. The van der Waals surface area contributed by atoms with E-state index >= 15 is 0 Å². The quantitative estimate of drug-likeness (QED) is 0.558. The predicted octanol–water partition coefficient (Wildman–Crippen LogP) is 4.49. The first-order chi connectivity index (χ1) is 13.5. The van der Waals surface area contributed by atoms with E-state index in [2.05, 4.69) is 0 Å². The molecule has 2 unspecified atom stereocenters. The van der Waals surface area contributed by atoms with Crippen LogP contribution in [0.4, 0.5) is 0 Å². The largest absolute Gasteiger partial charge is 0.494 e. The zero-order valence-electron chi connectivity index (χ0n) is 15.9. The number of carboxylic acid groups (broad SMARTS) is 2. The summed E-state index contributed by atoms with van der Waals surface area (Å²) in [4.78, 5) is 22.4. The molecule has 0 radical (unpaired) electrons. The van der Waals surface area contributed by atoms with Crippen LogP contribution in [-0.4, -0.2) is 34.9 Å². The number of carboxylic acids is 2. The first-order valence-electron chi connectivity index (χ1n) is 9.40. The molecule has 28 heavy (non-hydrogen) atoms. The van der Waals surface area contributed by atoms with Crippen molar-refractivity contribution in [3.8, 4) is 11.5 Å². The van der Waals surface area contributed by atoms with Crippen molar-refractivity contribution in [2.75, 3.05) is 6.61 Å². The number of hydrogen-bond acceptors (Lipinski definition) is 4. The average molecular weight is 386 g/mol. The highest BCUT2D eigenvalue weighted by molar-refractivity contribution is 5.87. The fourth-order valence-electron chi connectivity index (χ4n) is 2.83. The number of carbonyl (C=O) groups is 2. The number of rotatable bonds is 12. The average Bonchev–Trinajstić information content (AvgIpc) is 2.70. The SMILES string of the molecule is CCC(CCC(CCOc1ccc(C(=O)O)cc1)C(=O)O)Oc1ccccc1. The molecule has 2 aromatic rings. The molecule has 0 spiro atoms. The summed E-state index contributed by atoms with van der Waals surface area (Å²) >= 11 is 0. The standard InChI is InChI=1S/C22H26O6/c1-2-18(28-20-6-4-3-5-7-20)11-8-17(22(25)26)14-15-27-19-12-9-16(10-13-19)21(23)24/h3-7,9-10,12-13,17-18H,2,8,11,14-15H2,1H3,(H,23,24)(H,25,26). The second-order valence-electron chi connectivity index (χ2n) is 6.54. The summed E-state index contributed by atoms with van der Waals surface area (Å²) in [5.74, 6) is -1.06. The van der Waals surface area contributed by atoms with Gasteiger partial charge in [0.05, 0.1) is 24.2 Å². The topological polar surface area (TPSA) is 93.1 Å². The van der Waals surface area contributed by atoms with Crippen molar-refractivity contribution >= 4 is 11.9 Å². The third kappa shape index (κ3) is 6.95. The van der Waals surface area contributed by atoms with E-state index in [9.17, 15) is 14.7 Å². The first kappa shape index (κ1) is 21.3. The Balaban J connectivity index is 1.80. The van der Waals surface area contributed by atoms with E-state index in [-0.39, 0.29) is 18.3 Å². The molecule has 0 bridgehead atoms. The summed E-state index contributed by atoms with van der Waals surface area (Å²) < 4.78 is 11.5. The molecule has 0 aliphatic carbocycles. The Kier molecular flexibility index (Phi) is 8.34. The molecule has 2 aromatic carbocycles. The molecular formula is C22H26O6. The van der Waals surface area contributed by atoms with E-state index in [4.69, 9.17) is 14.6 Å². The van der Waals surface area contributed by atoms with Gasteiger partial charge in [-0.25, -0.2) is 4.79 Å². The highest BCUT2D eigenvalue weighted by Crippen LogP contribution is 2.20. The van der Waals surface area contributed by atoms with Gasteiger partial charge in [0.1, 0.15) is 11.5 Å². The third-order valence-electron chi connectivity index (χ3n) is 4.52. The fourth-order valence-corrected chi connectivity index (χ4v) is 2.83. The normalized spacial score (nSPS) is 12.8. The molecule has 6 nitrogen and oxygen atoms in total. The minimum Gasteiger partial charge on any atom is -0.494 e. The number of ether oxygens (including phenoxy) is 2. The molecule has 0 heterocycles. The third-order valence-corrected chi connectivity index (χ3v) is 4.52. The lowest BCUT2D eigenvalue weighted by atomic mass is 9.97. The Morgan fingerprint density at radius 1 is 0.893 bits per heavy atom. The molecule has 0 saturated heterocycles. The monoisotopic (exact) mass is 386 g/mol. The summed E-state index contributed by atoms with van der Waals surface area (Å²) in [6, 6.07) is 15.6. The Hall–Kier alpha value is -3.02. The van der Waals surface area contributed by atoms with E-state index in [1.54, 1.807) is 12.1 Å². The predicted molar refractivity (Wildman–Crippen MR) is 105 cm³/mol. The second kappa shape index (κ2) is 11.0. The van der Waals surface area contributed by atoms with Crippen LogP contribution < -0.4 is 9.47 Å². The summed E-state index contributed by atoms with van der Waals surface area (Å²) in [6.45, 7) is 2.27. The van der Waals surface area contributed by atoms with E-state index in [0.717, 1.165) is 12.2 Å². The highest BCUT2D eigenvalue weighted by Gasteiger charge is 2.20. The van der Waals surface area contributed by atoms with Gasteiger partial charge < -0.3 is 19.7 Å². The van der Waals surface area contributed by atoms with Gasteiger partial charge in [-0.2, -0.15) is 0 Å². The van der Waals surface area contributed by atoms with Gasteiger partial charge in [0.25, 0.3) is 0 Å².